The SMILES string of the molecule is Nc1ccccc1SCC(=O)NCCc1ccccc1. The van der Waals surface area contributed by atoms with E-state index in [0.717, 1.165) is 17.0 Å². The molecule has 0 aliphatic heterocycles. The highest BCUT2D eigenvalue weighted by molar-refractivity contribution is 8.00. The van der Waals surface area contributed by atoms with Gasteiger partial charge in [-0.15, -0.1) is 11.8 Å². The van der Waals surface area contributed by atoms with Crippen LogP contribution < -0.4 is 11.1 Å². The number of nitrogens with one attached hydrogen (secondary N) is 1. The molecule has 0 aliphatic rings. The molecule has 0 saturated carbocycles. The minimum absolute atomic E-state index is 0.0363. The standard InChI is InChI=1S/C16H18N2OS/c17-14-8-4-5-9-15(14)20-12-16(19)18-11-10-13-6-2-1-3-7-13/h1-9H,10-12,17H2,(H,18,19). The highest BCUT2D eigenvalue weighted by Crippen LogP contribution is 2.23. The molecule has 0 atom stereocenters. The van der Waals surface area contributed by atoms with Crippen LogP contribution in [0.25, 0.3) is 0 Å². The molecule has 3 nitrogen and oxygen atoms in total. The molecule has 4 heteroatoms. The van der Waals surface area contributed by atoms with Gasteiger partial charge in [0, 0.05) is 17.1 Å². The fraction of sp³-hybridized carbons (Fsp3) is 0.188. The van der Waals surface area contributed by atoms with E-state index in [9.17, 15) is 4.79 Å². The zero-order chi connectivity index (χ0) is 14.2. The zero-order valence-corrected chi connectivity index (χ0v) is 12.0. The topological polar surface area (TPSA) is 55.1 Å². The fourth-order valence-corrected chi connectivity index (χ4v) is 2.60. The normalized spacial score (nSPS) is 10.2. The fourth-order valence-electron chi connectivity index (χ4n) is 1.80. The van der Waals surface area contributed by atoms with Gasteiger partial charge in [0.2, 0.25) is 5.91 Å². The Morgan fingerprint density at radius 2 is 1.75 bits per heavy atom. The molecule has 0 unspecified atom stereocenters. The second-order valence-corrected chi connectivity index (χ2v) is 5.43. The first-order valence-electron chi connectivity index (χ1n) is 6.53. The third-order valence-electron chi connectivity index (χ3n) is 2.86. The summed E-state index contributed by atoms with van der Waals surface area (Å²) in [5.41, 5.74) is 7.78. The van der Waals surface area contributed by atoms with E-state index in [2.05, 4.69) is 17.4 Å². The van der Waals surface area contributed by atoms with Crippen LogP contribution in [0, 0.1) is 0 Å². The molecule has 2 aromatic rings. The first-order chi connectivity index (χ1) is 9.75. The minimum Gasteiger partial charge on any atom is -0.398 e. The van der Waals surface area contributed by atoms with Gasteiger partial charge in [-0.3, -0.25) is 4.79 Å². The number of carbonyl (C=O) groups is 1. The average Bonchev–Trinajstić information content (AvgIpc) is 2.47. The van der Waals surface area contributed by atoms with Gasteiger partial charge in [0.15, 0.2) is 0 Å². The van der Waals surface area contributed by atoms with Crippen LogP contribution in [0.5, 0.6) is 0 Å². The lowest BCUT2D eigenvalue weighted by Gasteiger charge is -2.06. The number of hydrogen-bond donors (Lipinski definition) is 2. The Hall–Kier alpha value is -1.94. The maximum absolute atomic E-state index is 11.7. The lowest BCUT2D eigenvalue weighted by Crippen LogP contribution is -2.27. The third kappa shape index (κ3) is 4.63. The molecule has 3 N–H and O–H groups in total. The minimum atomic E-state index is 0.0363. The Labute approximate surface area is 123 Å². The number of amides is 1. The van der Waals surface area contributed by atoms with E-state index in [-0.39, 0.29) is 5.91 Å². The number of benzene rings is 2. The van der Waals surface area contributed by atoms with Crippen LogP contribution in [0.2, 0.25) is 0 Å². The van der Waals surface area contributed by atoms with E-state index in [1.807, 2.05) is 42.5 Å². The molecule has 0 aliphatic carbocycles. The summed E-state index contributed by atoms with van der Waals surface area (Å²) in [5, 5.41) is 2.92. The lowest BCUT2D eigenvalue weighted by atomic mass is 10.1. The molecule has 2 aromatic carbocycles. The quantitative estimate of drug-likeness (QED) is 0.634. The Morgan fingerprint density at radius 1 is 1.05 bits per heavy atom. The van der Waals surface area contributed by atoms with Gasteiger partial charge < -0.3 is 11.1 Å². The van der Waals surface area contributed by atoms with E-state index in [1.54, 1.807) is 0 Å². The maximum Gasteiger partial charge on any atom is 0.230 e. The second-order valence-electron chi connectivity index (χ2n) is 4.41. The molecule has 0 spiro atoms. The van der Waals surface area contributed by atoms with Gasteiger partial charge in [-0.2, -0.15) is 0 Å². The summed E-state index contributed by atoms with van der Waals surface area (Å²) in [6.07, 6.45) is 0.852. The second kappa shape index (κ2) is 7.60. The van der Waals surface area contributed by atoms with Crippen molar-refractivity contribution in [3.05, 3.63) is 60.2 Å². The van der Waals surface area contributed by atoms with Gasteiger partial charge in [0.25, 0.3) is 0 Å². The summed E-state index contributed by atoms with van der Waals surface area (Å²) >= 11 is 1.46. The van der Waals surface area contributed by atoms with Crippen LogP contribution in [-0.2, 0) is 11.2 Å². The smallest absolute Gasteiger partial charge is 0.230 e. The van der Waals surface area contributed by atoms with Crippen molar-refractivity contribution in [2.24, 2.45) is 0 Å². The predicted molar refractivity (Wildman–Crippen MR) is 84.7 cm³/mol. The van der Waals surface area contributed by atoms with Gasteiger partial charge in [0.1, 0.15) is 0 Å². The Bertz CT molecular complexity index is 557. The molecule has 2 rings (SSSR count). The molecular weight excluding hydrogens is 268 g/mol. The first-order valence-corrected chi connectivity index (χ1v) is 7.52. The maximum atomic E-state index is 11.7. The summed E-state index contributed by atoms with van der Waals surface area (Å²) < 4.78 is 0. The van der Waals surface area contributed by atoms with Crippen molar-refractivity contribution in [2.75, 3.05) is 18.0 Å². The molecule has 0 bridgehead atoms. The van der Waals surface area contributed by atoms with Crippen molar-refractivity contribution in [1.82, 2.24) is 5.32 Å². The monoisotopic (exact) mass is 286 g/mol. The van der Waals surface area contributed by atoms with Crippen LogP contribution in [0.3, 0.4) is 0 Å². The number of nitrogens with two attached hydrogens (primary N) is 1. The molecule has 0 saturated heterocycles. The summed E-state index contributed by atoms with van der Waals surface area (Å²) in [5.74, 6) is 0.428. The molecule has 0 radical (unpaired) electrons. The van der Waals surface area contributed by atoms with Crippen LogP contribution in [0.15, 0.2) is 59.5 Å². The lowest BCUT2D eigenvalue weighted by molar-refractivity contribution is -0.118. The molecule has 0 aromatic heterocycles. The Morgan fingerprint density at radius 3 is 2.50 bits per heavy atom. The number of carbonyl (C=O) groups excluding carboxylic acids is 1. The van der Waals surface area contributed by atoms with Crippen molar-refractivity contribution in [1.29, 1.82) is 0 Å². The summed E-state index contributed by atoms with van der Waals surface area (Å²) in [6, 6.07) is 17.7. The van der Waals surface area contributed by atoms with Crippen LogP contribution in [0.4, 0.5) is 5.69 Å². The van der Waals surface area contributed by atoms with Gasteiger partial charge >= 0.3 is 0 Å². The van der Waals surface area contributed by atoms with E-state index in [0.29, 0.717) is 12.3 Å². The zero-order valence-electron chi connectivity index (χ0n) is 11.2. The summed E-state index contributed by atoms with van der Waals surface area (Å²) in [4.78, 5) is 12.7. The molecule has 104 valence electrons. The number of thioether (sulfide) groups is 1. The van der Waals surface area contributed by atoms with Gasteiger partial charge in [0.05, 0.1) is 5.75 Å². The van der Waals surface area contributed by atoms with Gasteiger partial charge in [-0.1, -0.05) is 42.5 Å². The Balaban J connectivity index is 1.70. The molecule has 20 heavy (non-hydrogen) atoms. The number of hydrogen-bond acceptors (Lipinski definition) is 3. The van der Waals surface area contributed by atoms with E-state index in [1.165, 1.54) is 17.3 Å². The number of rotatable bonds is 6. The molecular formula is C16H18N2OS. The van der Waals surface area contributed by atoms with Crippen molar-refractivity contribution >= 4 is 23.4 Å². The summed E-state index contributed by atoms with van der Waals surface area (Å²) in [6.45, 7) is 0.660. The van der Waals surface area contributed by atoms with Crippen LogP contribution in [-0.4, -0.2) is 18.2 Å². The molecule has 0 heterocycles. The van der Waals surface area contributed by atoms with Crippen LogP contribution >= 0.6 is 11.8 Å². The van der Waals surface area contributed by atoms with Crippen molar-refractivity contribution in [3.63, 3.8) is 0 Å². The number of anilines is 1. The number of para-hydroxylation sites is 1. The van der Waals surface area contributed by atoms with E-state index >= 15 is 0 Å². The molecule has 0 fully saturated rings. The predicted octanol–water partition coefficient (Wildman–Crippen LogP) is 2.72. The Kier molecular flexibility index (Phi) is 5.50. The number of nitrogen functional groups attached to an aromatic ring is 1. The van der Waals surface area contributed by atoms with E-state index < -0.39 is 0 Å². The van der Waals surface area contributed by atoms with Crippen LogP contribution in [0.1, 0.15) is 5.56 Å². The summed E-state index contributed by atoms with van der Waals surface area (Å²) in [7, 11) is 0. The van der Waals surface area contributed by atoms with Crippen molar-refractivity contribution in [3.8, 4) is 0 Å². The average molecular weight is 286 g/mol. The third-order valence-corrected chi connectivity index (χ3v) is 3.95. The first kappa shape index (κ1) is 14.5. The van der Waals surface area contributed by atoms with Crippen molar-refractivity contribution < 1.29 is 4.79 Å². The van der Waals surface area contributed by atoms with Gasteiger partial charge in [-0.25, -0.2) is 0 Å². The van der Waals surface area contributed by atoms with Crippen molar-refractivity contribution in [2.45, 2.75) is 11.3 Å². The van der Waals surface area contributed by atoms with E-state index in [4.69, 9.17) is 5.73 Å². The highest BCUT2D eigenvalue weighted by Gasteiger charge is 2.04. The largest absolute Gasteiger partial charge is 0.398 e. The highest BCUT2D eigenvalue weighted by atomic mass is 32.2. The molecule has 1 amide bonds. The van der Waals surface area contributed by atoms with Gasteiger partial charge in [-0.05, 0) is 24.1 Å².